The SMILES string of the molecule is CCSCC1O[C@@H]2O[C@@H]3C(CO)O[C@@H](O[C@@H]4C(CO)O[C@@H](O[C@@H]5C(CSC[C@@H](NC)C(=O)NCCC(=O)OCC(=O)OCOP(=O)(O)OC[C@H]6O[C@@H](n7ccc(N)nc7=O)C(F)(F)[C@@H]6O)O[C@@H](O[C@@H]6C(CO)O[C@H](O[C@@H]7C(CO)O[C@H](O[C@@H]8C(CO)O[C@H](O[C@H]1[C@H](O)C2O)C(O)[C@H]8O)C(O)[C@H]7O)C(O)[C@H]6O)C(O)[C@H]5O)C(O)[C@H]4O)C(O)[C@H]3O. The Hall–Kier alpha value is -3.68. The molecular formula is C63H100F2N5O45PS2. The second-order valence-corrected chi connectivity index (χ2v) is 32.1. The second kappa shape index (κ2) is 42.5. The monoisotopic (exact) mass is 1780 g/mol. The number of phosphoric ester groups is 1. The first kappa shape index (κ1) is 96.5. The quantitative estimate of drug-likeness (QED) is 0.0233. The molecule has 678 valence electrons. The first-order valence-electron chi connectivity index (χ1n) is 36.8. The van der Waals surface area contributed by atoms with Crippen molar-refractivity contribution in [2.75, 3.05) is 95.4 Å². The number of nitrogens with one attached hydrogen (secondary N) is 2. The molecule has 22 saturated heterocycles. The zero-order chi connectivity index (χ0) is 86.3. The first-order chi connectivity index (χ1) is 56.0. The number of likely N-dealkylation sites (N-methyl/N-ethyl adjacent to an activating group) is 1. The summed E-state index contributed by atoms with van der Waals surface area (Å²) in [7, 11) is -3.93. The van der Waals surface area contributed by atoms with Crippen molar-refractivity contribution in [3.63, 3.8) is 0 Å². The van der Waals surface area contributed by atoms with Crippen LogP contribution < -0.4 is 22.1 Å². The molecule has 22 aliphatic heterocycles. The number of hydrogen-bond donors (Lipinski definition) is 24. The van der Waals surface area contributed by atoms with Crippen molar-refractivity contribution in [2.24, 2.45) is 0 Å². The zero-order valence-electron chi connectivity index (χ0n) is 62.3. The molecule has 0 aromatic carbocycles. The number of nitrogens with two attached hydrogens (primary N) is 1. The van der Waals surface area contributed by atoms with Gasteiger partial charge in [-0.15, -0.1) is 0 Å². The number of thioether (sulfide) groups is 2. The van der Waals surface area contributed by atoms with Gasteiger partial charge >= 0.3 is 31.4 Å². The third-order valence-electron chi connectivity index (χ3n) is 20.4. The fourth-order valence-corrected chi connectivity index (χ4v) is 16.5. The number of aliphatic hydroxyl groups excluding tert-OH is 20. The Bertz CT molecular complexity index is 3480. The van der Waals surface area contributed by atoms with Gasteiger partial charge in [0.2, 0.25) is 18.9 Å². The number of halogens is 2. The lowest BCUT2D eigenvalue weighted by atomic mass is 9.95. The van der Waals surface area contributed by atoms with Crippen molar-refractivity contribution < 1.29 is 224 Å². The van der Waals surface area contributed by atoms with E-state index in [2.05, 4.69) is 29.4 Å². The van der Waals surface area contributed by atoms with Crippen LogP contribution in [0.15, 0.2) is 17.1 Å². The van der Waals surface area contributed by atoms with Crippen LogP contribution in [0.5, 0.6) is 0 Å². The number of ether oxygens (including phenoxy) is 17. The molecule has 25 N–H and O–H groups in total. The van der Waals surface area contributed by atoms with Crippen LogP contribution in [-0.4, -0.2) is 463 Å². The summed E-state index contributed by atoms with van der Waals surface area (Å²) in [5, 5.41) is 232. The highest BCUT2D eigenvalue weighted by atomic mass is 32.2. The van der Waals surface area contributed by atoms with Gasteiger partial charge in [-0.3, -0.25) is 18.7 Å². The highest BCUT2D eigenvalue weighted by molar-refractivity contribution is 7.99. The molecule has 23 rings (SSSR count). The maximum Gasteiger partial charge on any atom is 0.475 e. The topological polar surface area (TPSA) is 753 Å². The van der Waals surface area contributed by atoms with Crippen LogP contribution in [0.4, 0.5) is 14.6 Å². The first-order valence-corrected chi connectivity index (χ1v) is 40.6. The molecule has 40 atom stereocenters. The minimum atomic E-state index is -5.27. The summed E-state index contributed by atoms with van der Waals surface area (Å²) in [6, 6.07) is -0.209. The number of alkyl halides is 2. The summed E-state index contributed by atoms with van der Waals surface area (Å²) in [6.07, 6.45) is -78.5. The van der Waals surface area contributed by atoms with Crippen LogP contribution in [0.2, 0.25) is 0 Å². The number of nitrogen functional groups attached to an aromatic ring is 1. The molecule has 22 aliphatic rings. The van der Waals surface area contributed by atoms with E-state index >= 15 is 0 Å². The average Bonchev–Trinajstić information content (AvgIpc) is 1.47. The number of rotatable bonds is 26. The Morgan fingerprint density at radius 3 is 1.20 bits per heavy atom. The van der Waals surface area contributed by atoms with Crippen molar-refractivity contribution in [2.45, 2.75) is 259 Å². The predicted molar refractivity (Wildman–Crippen MR) is 372 cm³/mol. The third kappa shape index (κ3) is 22.0. The molecule has 0 spiro atoms. The summed E-state index contributed by atoms with van der Waals surface area (Å²) in [5.41, 5.74) is 4.11. The van der Waals surface area contributed by atoms with E-state index in [-0.39, 0.29) is 17.3 Å². The third-order valence-corrected chi connectivity index (χ3v) is 23.5. The number of aliphatic hydroxyl groups is 20. The molecule has 1 aromatic rings. The maximum atomic E-state index is 14.9. The normalized spacial score (nSPS) is 43.9. The predicted octanol–water partition coefficient (Wildman–Crippen LogP) is -14.7. The molecule has 0 radical (unpaired) electrons. The Balaban J connectivity index is 0.811. The number of amides is 1. The van der Waals surface area contributed by atoms with Crippen LogP contribution in [-0.2, 0) is 109 Å². The summed E-state index contributed by atoms with van der Waals surface area (Å²) < 4.78 is 149. The Morgan fingerprint density at radius 1 is 0.517 bits per heavy atom. The fraction of sp³-hybridized carbons (Fsp3) is 0.889. The number of phosphoric acid groups is 1. The summed E-state index contributed by atoms with van der Waals surface area (Å²) >= 11 is 2.03. The van der Waals surface area contributed by atoms with Crippen molar-refractivity contribution in [1.29, 1.82) is 0 Å². The Kier molecular flexibility index (Phi) is 34.8. The lowest BCUT2D eigenvalue weighted by Gasteiger charge is -2.50. The fourth-order valence-electron chi connectivity index (χ4n) is 14.0. The standard InChI is InChI=1S/C63H100F2N5O45PS2/c1-3-117-16-26-50-36(83)43(90)59(106-26)112-48-23(11-74)102-56(39(86)32(48)79)111-47-22(10-73)105-58(42(89)35(47)82)115-51-27(17-118-15-19(67-2)53(93)68-6-4-29(76)97-14-30(77)98-18-100-116(95,96)99-13-25-52(92)63(64,65)61(108-25)70-7-5-28(66)69-62(70)94)107-60(44(91)37(51)84)113-49-24(12-75)103-55(40(87)33(49)80)109-45-20(8-71)101-54(38(85)31(45)78)110-46-21(9-72)104-57(114-50)41(88)34(46)81/h5,7,19-27,31-52,54-61,67,71-75,78-92H,3-4,6,8-18H2,1-2H3,(H,68,93)(H,95,96)(H2,66,69,94)/t19-,20?,21?,22?,23?,24?,25-,26?,27?,31-,32-,33-,34-,35-,36-,37-,38?,39?,40?,41?,42?,43?,44?,45-,46-,47-,48-,49-,50-,51-,52-,54-,55-,56+,57-,58+,59-,60+,61-/m1/s1. The highest BCUT2D eigenvalue weighted by Crippen LogP contribution is 2.48. The van der Waals surface area contributed by atoms with E-state index in [0.29, 0.717) is 10.3 Å². The molecule has 0 aliphatic carbocycles. The van der Waals surface area contributed by atoms with E-state index in [9.17, 15) is 140 Å². The van der Waals surface area contributed by atoms with Crippen LogP contribution in [0, 0.1) is 0 Å². The van der Waals surface area contributed by atoms with Gasteiger partial charge in [0, 0.05) is 30.0 Å². The number of anilines is 1. The lowest BCUT2D eigenvalue weighted by Crippen LogP contribution is -2.68. The van der Waals surface area contributed by atoms with Crippen LogP contribution >= 0.6 is 31.3 Å². The molecule has 15 unspecified atom stereocenters. The Labute approximate surface area is 674 Å². The van der Waals surface area contributed by atoms with E-state index < -0.39 is 348 Å². The van der Waals surface area contributed by atoms with Gasteiger partial charge in [-0.1, -0.05) is 6.92 Å². The minimum absolute atomic E-state index is 0.0901. The Morgan fingerprint density at radius 2 is 0.864 bits per heavy atom. The molecule has 14 bridgehead atoms. The molecule has 55 heteroatoms. The van der Waals surface area contributed by atoms with Gasteiger partial charge in [0.05, 0.1) is 64.3 Å². The van der Waals surface area contributed by atoms with Gasteiger partial charge in [-0.2, -0.15) is 37.3 Å². The molecule has 50 nitrogen and oxygen atoms in total. The number of nitrogens with zero attached hydrogens (tertiary/aromatic N) is 2. The zero-order valence-corrected chi connectivity index (χ0v) is 64.8. The van der Waals surface area contributed by atoms with Gasteiger partial charge in [0.15, 0.2) is 56.7 Å². The van der Waals surface area contributed by atoms with Crippen LogP contribution in [0.3, 0.4) is 0 Å². The highest BCUT2D eigenvalue weighted by Gasteiger charge is 2.63. The van der Waals surface area contributed by atoms with Crippen molar-refractivity contribution in [3.8, 4) is 0 Å². The van der Waals surface area contributed by atoms with Crippen molar-refractivity contribution in [3.05, 3.63) is 22.7 Å². The summed E-state index contributed by atoms with van der Waals surface area (Å²) in [5.74, 6) is -8.17. The molecule has 118 heavy (non-hydrogen) atoms. The second-order valence-electron chi connectivity index (χ2n) is 28.2. The van der Waals surface area contributed by atoms with Crippen molar-refractivity contribution in [1.82, 2.24) is 20.2 Å². The average molecular weight is 1780 g/mol. The molecule has 22 fully saturated rings. The molecule has 1 aromatic heterocycles. The molecule has 0 saturated carbocycles. The van der Waals surface area contributed by atoms with E-state index in [1.54, 1.807) is 6.92 Å². The molecule has 23 heterocycles. The van der Waals surface area contributed by atoms with E-state index in [1.807, 2.05) is 0 Å². The summed E-state index contributed by atoms with van der Waals surface area (Å²) in [6.45, 7) is -7.92. The van der Waals surface area contributed by atoms with Crippen molar-refractivity contribution >= 4 is 55.0 Å². The van der Waals surface area contributed by atoms with E-state index in [0.717, 1.165) is 24.0 Å². The molecule has 1 amide bonds. The summed E-state index contributed by atoms with van der Waals surface area (Å²) in [4.78, 5) is 64.0. The van der Waals surface area contributed by atoms with Crippen LogP contribution in [0.25, 0.3) is 0 Å². The number of carbonyl (C=O) groups excluding carboxylic acids is 3. The number of carbonyl (C=O) groups is 3. The molecular weight excluding hydrogens is 1680 g/mol. The number of hydrogen-bond acceptors (Lipinski definition) is 49. The maximum absolute atomic E-state index is 14.9. The van der Waals surface area contributed by atoms with Gasteiger partial charge in [-0.25, -0.2) is 18.7 Å². The van der Waals surface area contributed by atoms with E-state index in [1.165, 1.54) is 18.8 Å². The van der Waals surface area contributed by atoms with Crippen LogP contribution in [0.1, 0.15) is 19.6 Å². The lowest BCUT2D eigenvalue weighted by molar-refractivity contribution is -0.395. The van der Waals surface area contributed by atoms with Gasteiger partial charge in [0.1, 0.15) is 171 Å². The number of aromatic nitrogens is 2. The number of esters is 2. The minimum Gasteiger partial charge on any atom is -0.454 e. The van der Waals surface area contributed by atoms with Gasteiger partial charge < -0.3 is 204 Å². The van der Waals surface area contributed by atoms with Gasteiger partial charge in [-0.05, 0) is 18.9 Å². The van der Waals surface area contributed by atoms with E-state index in [4.69, 9.17) is 81.5 Å². The smallest absolute Gasteiger partial charge is 0.454 e. The van der Waals surface area contributed by atoms with Gasteiger partial charge in [0.25, 0.3) is 0 Å². The largest absolute Gasteiger partial charge is 0.475 e.